The second-order valence-corrected chi connectivity index (χ2v) is 9.15. The van der Waals surface area contributed by atoms with Gasteiger partial charge in [-0.1, -0.05) is 20.8 Å². The Balaban J connectivity index is 0.000000381. The van der Waals surface area contributed by atoms with Gasteiger partial charge in [0.25, 0.3) is 0 Å². The summed E-state index contributed by atoms with van der Waals surface area (Å²) in [5, 5.41) is 0. The molecule has 1 fully saturated rings. The van der Waals surface area contributed by atoms with Crippen LogP contribution in [0.5, 0.6) is 0 Å². The summed E-state index contributed by atoms with van der Waals surface area (Å²) in [5.41, 5.74) is 0. The standard InChI is InChI=1S/C10H14.C9H16N2.2ClH.Ru/c1-8(2)10-6-4-9(3)5-7-10;1-8(2)10-5-6-11(7-10)9(3)4;;;/h4-8H,1-3H3;5-6,8-9H,1-4H3;2*1H;/q;;;;+2/p-2. The van der Waals surface area contributed by atoms with Crippen LogP contribution in [0.2, 0.25) is 0 Å². The third kappa shape index (κ3) is 10.5. The molecule has 0 aromatic carbocycles. The first-order valence-electron chi connectivity index (χ1n) is 8.15. The van der Waals surface area contributed by atoms with E-state index in [4.69, 9.17) is 19.4 Å². The van der Waals surface area contributed by atoms with Crippen LogP contribution in [0.3, 0.4) is 0 Å². The zero-order chi connectivity index (χ0) is 18.7. The van der Waals surface area contributed by atoms with E-state index in [-0.39, 0.29) is 15.1 Å². The Morgan fingerprint density at radius 3 is 1.46 bits per heavy atom. The Bertz CT molecular complexity index is 311. The first-order chi connectivity index (χ1) is 11.2. The summed E-state index contributed by atoms with van der Waals surface area (Å²) < 4.78 is 0. The predicted octanol–water partition coefficient (Wildman–Crippen LogP) is 5.91. The van der Waals surface area contributed by atoms with Crippen molar-refractivity contribution < 1.29 is 15.1 Å². The summed E-state index contributed by atoms with van der Waals surface area (Å²) in [6.45, 7) is 18.4. The van der Waals surface area contributed by atoms with Crippen molar-refractivity contribution in [2.24, 2.45) is 5.92 Å². The summed E-state index contributed by atoms with van der Waals surface area (Å²) in [6.07, 6.45) is 12.8. The molecule has 8 radical (unpaired) electrons. The van der Waals surface area contributed by atoms with E-state index in [1.54, 1.807) is 0 Å². The van der Waals surface area contributed by atoms with Crippen molar-refractivity contribution in [2.45, 2.75) is 60.5 Å². The molecule has 0 amide bonds. The number of rotatable bonds is 3. The molecular weight excluding hydrogens is 428 g/mol. The van der Waals surface area contributed by atoms with Gasteiger partial charge in [0, 0.05) is 24.5 Å². The Hall–Kier alpha value is 0.543. The van der Waals surface area contributed by atoms with E-state index in [9.17, 15) is 0 Å². The minimum atomic E-state index is -0.346. The van der Waals surface area contributed by atoms with Gasteiger partial charge in [0.1, 0.15) is 0 Å². The number of hydrogen-bond donors (Lipinski definition) is 0. The summed E-state index contributed by atoms with van der Waals surface area (Å²) in [6, 6.07) is 1.02. The van der Waals surface area contributed by atoms with E-state index < -0.39 is 0 Å². The van der Waals surface area contributed by atoms with Crippen molar-refractivity contribution in [3.8, 4) is 0 Å². The second-order valence-electron chi connectivity index (χ2n) is 6.52. The molecule has 1 saturated carbocycles. The van der Waals surface area contributed by atoms with Crippen LogP contribution in [0, 0.1) is 50.1 Å². The Labute approximate surface area is 167 Å². The molecule has 138 valence electrons. The van der Waals surface area contributed by atoms with E-state index >= 15 is 0 Å². The van der Waals surface area contributed by atoms with Gasteiger partial charge in [-0.15, -0.1) is 0 Å². The Morgan fingerprint density at radius 1 is 0.833 bits per heavy atom. The molecular formula is C19H30Cl2N2Ru. The molecule has 0 unspecified atom stereocenters. The summed E-state index contributed by atoms with van der Waals surface area (Å²) in [7, 11) is 9.71. The molecule has 0 saturated heterocycles. The predicted molar refractivity (Wildman–Crippen MR) is 102 cm³/mol. The van der Waals surface area contributed by atoms with Crippen molar-refractivity contribution in [1.82, 2.24) is 9.80 Å². The number of hydrogen-bond acceptors (Lipinski definition) is 2. The summed E-state index contributed by atoms with van der Waals surface area (Å²) >= 11 is -0.346. The van der Waals surface area contributed by atoms with Crippen LogP contribution < -0.4 is 0 Å². The van der Waals surface area contributed by atoms with Crippen LogP contribution in [0.15, 0.2) is 12.4 Å². The molecule has 0 aromatic heterocycles. The van der Waals surface area contributed by atoms with Crippen LogP contribution in [0.4, 0.5) is 0 Å². The number of halogens is 2. The van der Waals surface area contributed by atoms with Gasteiger partial charge in [0.05, 0.1) is 0 Å². The molecule has 5 heteroatoms. The van der Waals surface area contributed by atoms with Crippen molar-refractivity contribution >= 4 is 19.4 Å². The summed E-state index contributed by atoms with van der Waals surface area (Å²) in [4.78, 5) is 4.17. The number of nitrogens with zero attached hydrogens (tertiary/aromatic N) is 2. The van der Waals surface area contributed by atoms with Gasteiger partial charge in [0.2, 0.25) is 6.67 Å². The molecule has 1 heterocycles. The molecule has 0 N–H and O–H groups in total. The van der Waals surface area contributed by atoms with Crippen LogP contribution in [-0.4, -0.2) is 21.9 Å². The summed E-state index contributed by atoms with van der Waals surface area (Å²) in [5.74, 6) is 3.41. The van der Waals surface area contributed by atoms with Crippen LogP contribution >= 0.6 is 19.4 Å². The van der Waals surface area contributed by atoms with Gasteiger partial charge >= 0.3 is 34.5 Å². The first kappa shape index (κ1) is 24.5. The van der Waals surface area contributed by atoms with Crippen LogP contribution in [0.1, 0.15) is 48.5 Å². The SMILES string of the molecule is CC(C)N1[C]N(C(C)C)C=C1.C[C]1[CH][CH][C](C(C)C)[CH][CH]1.[Cl][Ru][Cl]. The van der Waals surface area contributed by atoms with Crippen molar-refractivity contribution in [1.29, 1.82) is 0 Å². The zero-order valence-electron chi connectivity index (χ0n) is 15.7. The topological polar surface area (TPSA) is 6.48 Å². The van der Waals surface area contributed by atoms with E-state index in [0.29, 0.717) is 18.0 Å². The van der Waals surface area contributed by atoms with Gasteiger partial charge in [0.15, 0.2) is 0 Å². The molecule has 0 atom stereocenters. The normalized spacial score (nSPS) is 19.0. The van der Waals surface area contributed by atoms with E-state index in [0.717, 1.165) is 0 Å². The molecule has 2 aliphatic rings. The average molecular weight is 458 g/mol. The van der Waals surface area contributed by atoms with Crippen molar-refractivity contribution in [3.63, 3.8) is 0 Å². The van der Waals surface area contributed by atoms with Gasteiger partial charge in [-0.05, 0) is 71.1 Å². The quantitative estimate of drug-likeness (QED) is 0.486. The van der Waals surface area contributed by atoms with E-state index in [1.807, 2.05) is 0 Å². The van der Waals surface area contributed by atoms with Crippen molar-refractivity contribution in [2.75, 3.05) is 0 Å². The Morgan fingerprint density at radius 2 is 1.21 bits per heavy atom. The van der Waals surface area contributed by atoms with Gasteiger partial charge < -0.3 is 9.80 Å². The minimum absolute atomic E-state index is 0.346. The fraction of sp³-hybridized carbons (Fsp3) is 0.526. The fourth-order valence-electron chi connectivity index (χ4n) is 1.87. The van der Waals surface area contributed by atoms with E-state index in [1.165, 1.54) is 11.8 Å². The Kier molecular flexibility index (Phi) is 14.0. The van der Waals surface area contributed by atoms with Crippen LogP contribution in [0.25, 0.3) is 0 Å². The first-order valence-corrected chi connectivity index (χ1v) is 12.6. The van der Waals surface area contributed by atoms with Crippen LogP contribution in [-0.2, 0) is 15.1 Å². The van der Waals surface area contributed by atoms with Gasteiger partial charge in [-0.25, -0.2) is 0 Å². The monoisotopic (exact) mass is 458 g/mol. The van der Waals surface area contributed by atoms with Gasteiger partial charge in [-0.2, -0.15) is 0 Å². The molecule has 2 rings (SSSR count). The average Bonchev–Trinajstić information content (AvgIpc) is 2.99. The maximum absolute atomic E-state index is 4.85. The molecule has 1 aliphatic carbocycles. The zero-order valence-corrected chi connectivity index (χ0v) is 19.0. The third-order valence-electron chi connectivity index (χ3n) is 3.48. The molecule has 1 aliphatic heterocycles. The van der Waals surface area contributed by atoms with E-state index in [2.05, 4.69) is 103 Å². The van der Waals surface area contributed by atoms with Gasteiger partial charge in [-0.3, -0.25) is 0 Å². The third-order valence-corrected chi connectivity index (χ3v) is 3.48. The molecule has 0 aromatic rings. The van der Waals surface area contributed by atoms with Crippen molar-refractivity contribution in [3.05, 3.63) is 56.6 Å². The molecule has 0 spiro atoms. The molecule has 2 nitrogen and oxygen atoms in total. The molecule has 24 heavy (non-hydrogen) atoms. The maximum atomic E-state index is 4.85. The fourth-order valence-corrected chi connectivity index (χ4v) is 1.87. The molecule has 0 bridgehead atoms. The second kappa shape index (κ2) is 13.7.